The van der Waals surface area contributed by atoms with Gasteiger partial charge < -0.3 is 10.6 Å². The molecule has 3 nitrogen and oxygen atoms in total. The van der Waals surface area contributed by atoms with Crippen molar-refractivity contribution in [3.8, 4) is 0 Å². The summed E-state index contributed by atoms with van der Waals surface area (Å²) in [6.45, 7) is 0. The van der Waals surface area contributed by atoms with Crippen LogP contribution in [0.4, 0.5) is 16.2 Å². The number of amides is 2. The summed E-state index contributed by atoms with van der Waals surface area (Å²) in [5.74, 6) is 0. The quantitative estimate of drug-likeness (QED) is 0.797. The Bertz CT molecular complexity index is 557. The molecule has 0 unspecified atom stereocenters. The Labute approximate surface area is 112 Å². The maximum Gasteiger partial charge on any atom is 0.323 e. The maximum atomic E-state index is 11.7. The van der Waals surface area contributed by atoms with Crippen LogP contribution in [0, 0.1) is 0 Å². The van der Waals surface area contributed by atoms with E-state index in [-0.39, 0.29) is 6.03 Å². The molecule has 2 amide bonds. The molecule has 0 aromatic heterocycles. The number of urea groups is 1. The SMILES string of the molecule is Bc1cccc(NC(=O)Nc2ccc(Cl)cc2)c1. The second-order valence-electron chi connectivity index (χ2n) is 3.96. The summed E-state index contributed by atoms with van der Waals surface area (Å²) in [5.41, 5.74) is 2.56. The van der Waals surface area contributed by atoms with E-state index in [0.29, 0.717) is 10.7 Å². The highest BCUT2D eigenvalue weighted by molar-refractivity contribution is 6.32. The molecule has 2 aromatic rings. The van der Waals surface area contributed by atoms with E-state index in [0.717, 1.165) is 11.2 Å². The van der Waals surface area contributed by atoms with Crippen molar-refractivity contribution in [2.24, 2.45) is 0 Å². The van der Waals surface area contributed by atoms with E-state index in [1.54, 1.807) is 24.3 Å². The number of carbonyl (C=O) groups is 1. The van der Waals surface area contributed by atoms with Crippen LogP contribution in [0.1, 0.15) is 0 Å². The predicted octanol–water partition coefficient (Wildman–Crippen LogP) is 2.24. The Morgan fingerprint density at radius 1 is 1.00 bits per heavy atom. The lowest BCUT2D eigenvalue weighted by Gasteiger charge is -2.08. The highest BCUT2D eigenvalue weighted by atomic mass is 35.5. The summed E-state index contributed by atoms with van der Waals surface area (Å²) in [5, 5.41) is 6.13. The van der Waals surface area contributed by atoms with Gasteiger partial charge >= 0.3 is 6.03 Å². The zero-order chi connectivity index (χ0) is 13.0. The van der Waals surface area contributed by atoms with Gasteiger partial charge in [-0.1, -0.05) is 29.2 Å². The Morgan fingerprint density at radius 2 is 1.67 bits per heavy atom. The third-order valence-corrected chi connectivity index (χ3v) is 2.63. The number of rotatable bonds is 2. The number of carbonyl (C=O) groups excluding carboxylic acids is 1. The zero-order valence-corrected chi connectivity index (χ0v) is 10.7. The second-order valence-corrected chi connectivity index (χ2v) is 4.39. The monoisotopic (exact) mass is 258 g/mol. The molecule has 2 N–H and O–H groups in total. The third kappa shape index (κ3) is 3.53. The Balaban J connectivity index is 1.98. The highest BCUT2D eigenvalue weighted by Crippen LogP contribution is 2.13. The van der Waals surface area contributed by atoms with Gasteiger partial charge in [-0.05, 0) is 36.4 Å². The number of benzene rings is 2. The van der Waals surface area contributed by atoms with Gasteiger partial charge in [0.25, 0.3) is 0 Å². The van der Waals surface area contributed by atoms with E-state index in [1.807, 2.05) is 32.1 Å². The first-order chi connectivity index (χ1) is 8.63. The molecule has 18 heavy (non-hydrogen) atoms. The highest BCUT2D eigenvalue weighted by Gasteiger charge is 2.02. The Hall–Kier alpha value is -1.94. The van der Waals surface area contributed by atoms with Crippen molar-refractivity contribution in [2.45, 2.75) is 0 Å². The van der Waals surface area contributed by atoms with Crippen LogP contribution in [-0.2, 0) is 0 Å². The first-order valence-electron chi connectivity index (χ1n) is 5.54. The topological polar surface area (TPSA) is 41.1 Å². The molecule has 0 saturated carbocycles. The van der Waals surface area contributed by atoms with Crippen LogP contribution in [0.2, 0.25) is 5.02 Å². The number of hydrogen-bond acceptors (Lipinski definition) is 1. The predicted molar refractivity (Wildman–Crippen MR) is 78.7 cm³/mol. The van der Waals surface area contributed by atoms with Crippen LogP contribution in [0.15, 0.2) is 48.5 Å². The smallest absolute Gasteiger partial charge is 0.308 e. The van der Waals surface area contributed by atoms with Gasteiger partial charge in [0.15, 0.2) is 0 Å². The molecule has 0 saturated heterocycles. The lowest BCUT2D eigenvalue weighted by Crippen LogP contribution is -2.20. The molecular weight excluding hydrogens is 246 g/mol. The average molecular weight is 259 g/mol. The van der Waals surface area contributed by atoms with E-state index in [1.165, 1.54) is 0 Å². The first-order valence-corrected chi connectivity index (χ1v) is 5.91. The molecule has 0 spiro atoms. The second kappa shape index (κ2) is 5.60. The first kappa shape index (κ1) is 12.5. The summed E-state index contributed by atoms with van der Waals surface area (Å²) in [7, 11) is 1.97. The fourth-order valence-electron chi connectivity index (χ4n) is 1.55. The maximum absolute atomic E-state index is 11.7. The summed E-state index contributed by atoms with van der Waals surface area (Å²) in [6.07, 6.45) is 0. The lowest BCUT2D eigenvalue weighted by molar-refractivity contribution is 0.262. The number of anilines is 2. The van der Waals surface area contributed by atoms with Crippen LogP contribution < -0.4 is 16.1 Å². The van der Waals surface area contributed by atoms with Crippen LogP contribution in [-0.4, -0.2) is 13.9 Å². The van der Waals surface area contributed by atoms with Crippen molar-refractivity contribution < 1.29 is 4.79 Å². The van der Waals surface area contributed by atoms with Crippen LogP contribution in [0.25, 0.3) is 0 Å². The molecule has 0 heterocycles. The van der Waals surface area contributed by atoms with Gasteiger partial charge in [0.1, 0.15) is 7.85 Å². The molecule has 0 aliphatic rings. The molecule has 2 rings (SSSR count). The van der Waals surface area contributed by atoms with Crippen molar-refractivity contribution in [2.75, 3.05) is 10.6 Å². The molecule has 2 aromatic carbocycles. The number of hydrogen-bond donors (Lipinski definition) is 2. The third-order valence-electron chi connectivity index (χ3n) is 2.38. The van der Waals surface area contributed by atoms with Crippen molar-refractivity contribution in [3.05, 3.63) is 53.6 Å². The molecular formula is C13H12BClN2O. The molecule has 90 valence electrons. The molecule has 5 heteroatoms. The van der Waals surface area contributed by atoms with Gasteiger partial charge in [-0.15, -0.1) is 0 Å². The molecule has 0 radical (unpaired) electrons. The van der Waals surface area contributed by atoms with Crippen molar-refractivity contribution in [1.29, 1.82) is 0 Å². The minimum Gasteiger partial charge on any atom is -0.308 e. The molecule has 0 fully saturated rings. The fraction of sp³-hybridized carbons (Fsp3) is 0. The zero-order valence-electron chi connectivity index (χ0n) is 9.91. The van der Waals surface area contributed by atoms with E-state index >= 15 is 0 Å². The Morgan fingerprint density at radius 3 is 2.33 bits per heavy atom. The van der Waals surface area contributed by atoms with Crippen molar-refractivity contribution >= 4 is 42.3 Å². The fourth-order valence-corrected chi connectivity index (χ4v) is 1.68. The van der Waals surface area contributed by atoms with Gasteiger partial charge in [0.05, 0.1) is 0 Å². The normalized spacial score (nSPS) is 9.83. The van der Waals surface area contributed by atoms with E-state index in [9.17, 15) is 4.79 Å². The van der Waals surface area contributed by atoms with Crippen LogP contribution in [0.3, 0.4) is 0 Å². The van der Waals surface area contributed by atoms with Crippen LogP contribution in [0.5, 0.6) is 0 Å². The summed E-state index contributed by atoms with van der Waals surface area (Å²) < 4.78 is 0. The molecule has 0 aliphatic heterocycles. The van der Waals surface area contributed by atoms with Gasteiger partial charge in [0.2, 0.25) is 0 Å². The Kier molecular flexibility index (Phi) is 3.90. The van der Waals surface area contributed by atoms with Crippen molar-refractivity contribution in [3.63, 3.8) is 0 Å². The number of halogens is 1. The molecule has 0 aliphatic carbocycles. The largest absolute Gasteiger partial charge is 0.323 e. The van der Waals surface area contributed by atoms with Gasteiger partial charge in [0, 0.05) is 16.4 Å². The minimum absolute atomic E-state index is 0.275. The molecule has 0 bridgehead atoms. The van der Waals surface area contributed by atoms with E-state index < -0.39 is 0 Å². The summed E-state index contributed by atoms with van der Waals surface area (Å²) >= 11 is 5.77. The average Bonchev–Trinajstić information content (AvgIpc) is 2.32. The minimum atomic E-state index is -0.275. The van der Waals surface area contributed by atoms with Gasteiger partial charge in [-0.3, -0.25) is 0 Å². The van der Waals surface area contributed by atoms with E-state index in [4.69, 9.17) is 11.6 Å². The van der Waals surface area contributed by atoms with Gasteiger partial charge in [-0.2, -0.15) is 0 Å². The lowest BCUT2D eigenvalue weighted by atomic mass is 9.96. The van der Waals surface area contributed by atoms with Crippen molar-refractivity contribution in [1.82, 2.24) is 0 Å². The summed E-state index contributed by atoms with van der Waals surface area (Å²) in [4.78, 5) is 11.7. The standard InChI is InChI=1S/C13H12BClN2O/c14-9-2-1-3-12(8-9)17-13(18)16-11-6-4-10(15)5-7-11/h1-8H,14H2,(H2,16,17,18). The summed E-state index contributed by atoms with van der Waals surface area (Å²) in [6, 6.07) is 14.3. The van der Waals surface area contributed by atoms with Crippen LogP contribution >= 0.6 is 11.6 Å². The van der Waals surface area contributed by atoms with E-state index in [2.05, 4.69) is 10.6 Å². The van der Waals surface area contributed by atoms with Gasteiger partial charge in [-0.25, -0.2) is 4.79 Å². The number of nitrogens with one attached hydrogen (secondary N) is 2. The molecule has 0 atom stereocenters.